The van der Waals surface area contributed by atoms with E-state index in [1.54, 1.807) is 0 Å². The zero-order valence-electron chi connectivity index (χ0n) is 11.0. The van der Waals surface area contributed by atoms with Crippen LogP contribution in [-0.2, 0) is 13.8 Å². The second kappa shape index (κ2) is 6.11. The highest BCUT2D eigenvalue weighted by Crippen LogP contribution is 2.19. The van der Waals surface area contributed by atoms with Crippen molar-refractivity contribution < 1.29 is 17.9 Å². The lowest BCUT2D eigenvalue weighted by molar-refractivity contribution is 0.0907. The van der Waals surface area contributed by atoms with Gasteiger partial charge in [0.05, 0.1) is 11.0 Å². The van der Waals surface area contributed by atoms with Crippen molar-refractivity contribution in [3.63, 3.8) is 0 Å². The van der Waals surface area contributed by atoms with E-state index in [1.807, 2.05) is 6.92 Å². The molecule has 1 aliphatic heterocycles. The third kappa shape index (κ3) is 3.71. The summed E-state index contributed by atoms with van der Waals surface area (Å²) in [6.45, 7) is 3.27. The Bertz CT molecular complexity index is 585. The van der Waals surface area contributed by atoms with E-state index in [-0.39, 0.29) is 16.9 Å². The van der Waals surface area contributed by atoms with Gasteiger partial charge in [-0.25, -0.2) is 8.42 Å². The standard InChI is InChI=1S/C13H16ClNO4S/c1-9-11(6-7-19-9)8-15-13(16)10-2-4-12(5-3-10)20(14,17)18/h2-5,9,11H,6-8H2,1H3,(H,15,16). The van der Waals surface area contributed by atoms with Crippen LogP contribution in [0.1, 0.15) is 23.7 Å². The largest absolute Gasteiger partial charge is 0.378 e. The molecule has 20 heavy (non-hydrogen) atoms. The number of ether oxygens (including phenoxy) is 1. The minimum Gasteiger partial charge on any atom is -0.378 e. The van der Waals surface area contributed by atoms with Crippen LogP contribution in [0.25, 0.3) is 0 Å². The Kier molecular flexibility index (Phi) is 4.67. The van der Waals surface area contributed by atoms with E-state index in [0.29, 0.717) is 18.0 Å². The molecule has 0 aromatic heterocycles. The number of rotatable bonds is 4. The minimum atomic E-state index is -3.75. The maximum atomic E-state index is 11.9. The summed E-state index contributed by atoms with van der Waals surface area (Å²) in [4.78, 5) is 11.9. The highest BCUT2D eigenvalue weighted by Gasteiger charge is 2.24. The molecule has 1 amide bonds. The van der Waals surface area contributed by atoms with Gasteiger partial charge in [-0.05, 0) is 37.6 Å². The fourth-order valence-electron chi connectivity index (χ4n) is 2.14. The Morgan fingerprint density at radius 3 is 2.55 bits per heavy atom. The third-order valence-corrected chi connectivity index (χ3v) is 4.83. The molecule has 0 bridgehead atoms. The normalized spacial score (nSPS) is 22.7. The molecule has 1 N–H and O–H groups in total. The lowest BCUT2D eigenvalue weighted by atomic mass is 10.0. The molecule has 0 aliphatic carbocycles. The SMILES string of the molecule is CC1OCCC1CNC(=O)c1ccc(S(=O)(=O)Cl)cc1. The van der Waals surface area contributed by atoms with Crippen molar-refractivity contribution in [1.82, 2.24) is 5.32 Å². The van der Waals surface area contributed by atoms with Gasteiger partial charge >= 0.3 is 0 Å². The molecule has 1 aromatic carbocycles. The molecule has 1 heterocycles. The highest BCUT2D eigenvalue weighted by molar-refractivity contribution is 8.13. The molecule has 2 atom stereocenters. The highest BCUT2D eigenvalue weighted by atomic mass is 35.7. The average Bonchev–Trinajstić information content (AvgIpc) is 2.81. The van der Waals surface area contributed by atoms with Crippen LogP contribution in [-0.4, -0.2) is 33.6 Å². The lowest BCUT2D eigenvalue weighted by Crippen LogP contribution is -2.31. The third-order valence-electron chi connectivity index (χ3n) is 3.46. The van der Waals surface area contributed by atoms with E-state index >= 15 is 0 Å². The summed E-state index contributed by atoms with van der Waals surface area (Å²) < 4.78 is 27.6. The number of carbonyl (C=O) groups is 1. The van der Waals surface area contributed by atoms with Gasteiger partial charge in [-0.3, -0.25) is 4.79 Å². The van der Waals surface area contributed by atoms with Crippen LogP contribution in [0.5, 0.6) is 0 Å². The van der Waals surface area contributed by atoms with Crippen molar-refractivity contribution >= 4 is 25.6 Å². The van der Waals surface area contributed by atoms with Crippen molar-refractivity contribution in [2.75, 3.05) is 13.2 Å². The van der Waals surface area contributed by atoms with E-state index < -0.39 is 9.05 Å². The van der Waals surface area contributed by atoms with Crippen molar-refractivity contribution in [3.05, 3.63) is 29.8 Å². The van der Waals surface area contributed by atoms with Crippen molar-refractivity contribution in [3.8, 4) is 0 Å². The minimum absolute atomic E-state index is 0.0199. The average molecular weight is 318 g/mol. The van der Waals surface area contributed by atoms with Gasteiger partial charge in [0.15, 0.2) is 0 Å². The Balaban J connectivity index is 1.96. The van der Waals surface area contributed by atoms with Gasteiger partial charge in [0.25, 0.3) is 15.0 Å². The fraction of sp³-hybridized carbons (Fsp3) is 0.462. The molecule has 1 saturated heterocycles. The molecular weight excluding hydrogens is 302 g/mol. The van der Waals surface area contributed by atoms with Gasteiger partial charge in [0, 0.05) is 35.3 Å². The van der Waals surface area contributed by atoms with Crippen molar-refractivity contribution in [1.29, 1.82) is 0 Å². The van der Waals surface area contributed by atoms with Gasteiger partial charge in [-0.2, -0.15) is 0 Å². The van der Waals surface area contributed by atoms with Crippen LogP contribution in [0.2, 0.25) is 0 Å². The molecular formula is C13H16ClNO4S. The Morgan fingerprint density at radius 2 is 2.05 bits per heavy atom. The molecule has 2 unspecified atom stereocenters. The van der Waals surface area contributed by atoms with Gasteiger partial charge in [-0.15, -0.1) is 0 Å². The number of nitrogens with one attached hydrogen (secondary N) is 1. The summed E-state index contributed by atoms with van der Waals surface area (Å²) in [6, 6.07) is 5.52. The van der Waals surface area contributed by atoms with Gasteiger partial charge in [0.1, 0.15) is 0 Å². The summed E-state index contributed by atoms with van der Waals surface area (Å²) in [7, 11) is 1.46. The fourth-order valence-corrected chi connectivity index (χ4v) is 2.91. The number of hydrogen-bond acceptors (Lipinski definition) is 4. The zero-order chi connectivity index (χ0) is 14.8. The first-order chi connectivity index (χ1) is 9.38. The first kappa shape index (κ1) is 15.3. The molecule has 110 valence electrons. The molecule has 1 fully saturated rings. The Labute approximate surface area is 122 Å². The number of halogens is 1. The number of hydrogen-bond donors (Lipinski definition) is 1. The summed E-state index contributed by atoms with van der Waals surface area (Å²) in [5, 5.41) is 2.83. The molecule has 0 saturated carbocycles. The van der Waals surface area contributed by atoms with E-state index in [4.69, 9.17) is 15.4 Å². The smallest absolute Gasteiger partial charge is 0.261 e. The Hall–Kier alpha value is -1.11. The molecule has 5 nitrogen and oxygen atoms in total. The summed E-state index contributed by atoms with van der Waals surface area (Å²) >= 11 is 0. The first-order valence-corrected chi connectivity index (χ1v) is 8.63. The van der Waals surface area contributed by atoms with Crippen LogP contribution >= 0.6 is 10.7 Å². The second-order valence-electron chi connectivity index (χ2n) is 4.80. The zero-order valence-corrected chi connectivity index (χ0v) is 12.6. The number of amides is 1. The van der Waals surface area contributed by atoms with Crippen LogP contribution in [0.3, 0.4) is 0 Å². The molecule has 0 radical (unpaired) electrons. The molecule has 2 rings (SSSR count). The topological polar surface area (TPSA) is 72.5 Å². The number of carbonyl (C=O) groups excluding carboxylic acids is 1. The Morgan fingerprint density at radius 1 is 1.40 bits per heavy atom. The van der Waals surface area contributed by atoms with E-state index in [0.717, 1.165) is 13.0 Å². The quantitative estimate of drug-likeness (QED) is 0.859. The predicted octanol–water partition coefficient (Wildman–Crippen LogP) is 1.77. The van der Waals surface area contributed by atoms with Gasteiger partial charge in [-0.1, -0.05) is 0 Å². The number of benzene rings is 1. The maximum absolute atomic E-state index is 11.9. The van der Waals surface area contributed by atoms with Gasteiger partial charge < -0.3 is 10.1 Å². The maximum Gasteiger partial charge on any atom is 0.261 e. The molecule has 1 aromatic rings. The van der Waals surface area contributed by atoms with Crippen LogP contribution < -0.4 is 5.32 Å². The van der Waals surface area contributed by atoms with Gasteiger partial charge in [0.2, 0.25) is 0 Å². The summed E-state index contributed by atoms with van der Waals surface area (Å²) in [5.41, 5.74) is 0.403. The van der Waals surface area contributed by atoms with E-state index in [9.17, 15) is 13.2 Å². The molecule has 1 aliphatic rings. The van der Waals surface area contributed by atoms with Crippen LogP contribution in [0.15, 0.2) is 29.2 Å². The van der Waals surface area contributed by atoms with Crippen molar-refractivity contribution in [2.24, 2.45) is 5.92 Å². The second-order valence-corrected chi connectivity index (χ2v) is 7.36. The monoisotopic (exact) mass is 317 g/mol. The summed E-state index contributed by atoms with van der Waals surface area (Å²) in [6.07, 6.45) is 1.09. The van der Waals surface area contributed by atoms with E-state index in [1.165, 1.54) is 24.3 Å². The summed E-state index contributed by atoms with van der Waals surface area (Å²) in [5.74, 6) is 0.0871. The van der Waals surface area contributed by atoms with Crippen LogP contribution in [0.4, 0.5) is 0 Å². The first-order valence-electron chi connectivity index (χ1n) is 6.32. The predicted molar refractivity (Wildman–Crippen MR) is 75.3 cm³/mol. The van der Waals surface area contributed by atoms with Crippen molar-refractivity contribution in [2.45, 2.75) is 24.3 Å². The molecule has 0 spiro atoms. The van der Waals surface area contributed by atoms with E-state index in [2.05, 4.69) is 5.32 Å². The van der Waals surface area contributed by atoms with Crippen LogP contribution in [0, 0.1) is 5.92 Å². The lowest BCUT2D eigenvalue weighted by Gasteiger charge is -2.14. The molecule has 7 heteroatoms.